The summed E-state index contributed by atoms with van der Waals surface area (Å²) in [5, 5.41) is 5.08. The SMILES string of the molecule is CC(Nc1nc(N)ncc1-c1ccccn1)c1cc2cccc(Cl)c2c(=O)n1-c1ccccc1. The number of hydrogen-bond acceptors (Lipinski definition) is 6. The fourth-order valence-corrected chi connectivity index (χ4v) is 4.26. The molecular formula is C26H21ClN6O. The molecule has 3 N–H and O–H groups in total. The Morgan fingerprint density at radius 3 is 2.56 bits per heavy atom. The minimum absolute atomic E-state index is 0.139. The van der Waals surface area contributed by atoms with Crippen molar-refractivity contribution in [3.8, 4) is 16.9 Å². The first-order valence-corrected chi connectivity index (χ1v) is 11.1. The van der Waals surface area contributed by atoms with E-state index >= 15 is 0 Å². The summed E-state index contributed by atoms with van der Waals surface area (Å²) in [6.45, 7) is 1.96. The smallest absolute Gasteiger partial charge is 0.264 e. The second-order valence-corrected chi connectivity index (χ2v) is 8.23. The lowest BCUT2D eigenvalue weighted by molar-refractivity contribution is 0.773. The van der Waals surface area contributed by atoms with Crippen LogP contribution >= 0.6 is 11.6 Å². The van der Waals surface area contributed by atoms with Crippen LogP contribution in [0.25, 0.3) is 27.7 Å². The number of anilines is 2. The molecule has 0 bridgehead atoms. The van der Waals surface area contributed by atoms with Gasteiger partial charge in [-0.3, -0.25) is 14.3 Å². The second-order valence-electron chi connectivity index (χ2n) is 7.82. The fraction of sp³-hybridized carbons (Fsp3) is 0.0769. The van der Waals surface area contributed by atoms with Crippen LogP contribution in [0.4, 0.5) is 11.8 Å². The lowest BCUT2D eigenvalue weighted by atomic mass is 10.1. The number of halogens is 1. The maximum Gasteiger partial charge on any atom is 0.264 e. The van der Waals surface area contributed by atoms with Crippen LogP contribution in [0, 0.1) is 0 Å². The summed E-state index contributed by atoms with van der Waals surface area (Å²) in [5.41, 5.74) is 8.62. The number of aromatic nitrogens is 4. The first-order chi connectivity index (χ1) is 16.5. The standard InChI is InChI=1S/C26H21ClN6O/c1-16(31-24-19(15-30-26(28)32-24)21-12-5-6-13-29-21)22-14-17-8-7-11-20(27)23(17)25(34)33(22)18-9-3-2-4-10-18/h2-16H,1H3,(H3,28,30,31,32). The highest BCUT2D eigenvalue weighted by Crippen LogP contribution is 2.30. The molecule has 34 heavy (non-hydrogen) atoms. The number of pyridine rings is 2. The first kappa shape index (κ1) is 21.6. The van der Waals surface area contributed by atoms with Gasteiger partial charge < -0.3 is 11.1 Å². The van der Waals surface area contributed by atoms with Crippen LogP contribution in [0.3, 0.4) is 0 Å². The molecular weight excluding hydrogens is 448 g/mol. The molecule has 2 aromatic carbocycles. The third-order valence-electron chi connectivity index (χ3n) is 5.58. The van der Waals surface area contributed by atoms with Crippen molar-refractivity contribution in [1.29, 1.82) is 0 Å². The van der Waals surface area contributed by atoms with E-state index in [1.54, 1.807) is 23.0 Å². The molecule has 0 saturated carbocycles. The van der Waals surface area contributed by atoms with E-state index in [0.717, 1.165) is 16.8 Å². The predicted octanol–water partition coefficient (Wildman–Crippen LogP) is 5.25. The van der Waals surface area contributed by atoms with Gasteiger partial charge in [-0.05, 0) is 48.7 Å². The molecule has 0 spiro atoms. The Morgan fingerprint density at radius 1 is 1.00 bits per heavy atom. The molecule has 0 radical (unpaired) electrons. The number of nitrogen functional groups attached to an aromatic ring is 1. The van der Waals surface area contributed by atoms with Crippen LogP contribution in [0.2, 0.25) is 5.02 Å². The van der Waals surface area contributed by atoms with E-state index in [1.165, 1.54) is 0 Å². The van der Waals surface area contributed by atoms with Crippen molar-refractivity contribution >= 4 is 34.1 Å². The van der Waals surface area contributed by atoms with Crippen LogP contribution in [0.15, 0.2) is 90.0 Å². The largest absolute Gasteiger partial charge is 0.368 e. The highest BCUT2D eigenvalue weighted by molar-refractivity contribution is 6.35. The van der Waals surface area contributed by atoms with Gasteiger partial charge >= 0.3 is 0 Å². The quantitative estimate of drug-likeness (QED) is 0.365. The second kappa shape index (κ2) is 8.96. The van der Waals surface area contributed by atoms with Crippen LogP contribution in [-0.2, 0) is 0 Å². The molecule has 0 amide bonds. The summed E-state index contributed by atoms with van der Waals surface area (Å²) in [5.74, 6) is 0.664. The van der Waals surface area contributed by atoms with E-state index in [9.17, 15) is 4.79 Å². The molecule has 0 fully saturated rings. The molecule has 0 aliphatic rings. The number of nitrogens with two attached hydrogens (primary N) is 1. The Morgan fingerprint density at radius 2 is 1.79 bits per heavy atom. The van der Waals surface area contributed by atoms with E-state index in [2.05, 4.69) is 20.3 Å². The van der Waals surface area contributed by atoms with Gasteiger partial charge in [0.25, 0.3) is 5.56 Å². The number of hydrogen-bond donors (Lipinski definition) is 2. The van der Waals surface area contributed by atoms with Gasteiger partial charge in [0.05, 0.1) is 27.7 Å². The van der Waals surface area contributed by atoms with Crippen molar-refractivity contribution in [1.82, 2.24) is 19.5 Å². The maximum absolute atomic E-state index is 13.7. The van der Waals surface area contributed by atoms with Crippen molar-refractivity contribution < 1.29 is 0 Å². The Bertz CT molecular complexity index is 1540. The van der Waals surface area contributed by atoms with E-state index in [-0.39, 0.29) is 17.5 Å². The van der Waals surface area contributed by atoms with Gasteiger partial charge in [-0.1, -0.05) is 48.0 Å². The van der Waals surface area contributed by atoms with E-state index in [0.29, 0.717) is 27.5 Å². The minimum Gasteiger partial charge on any atom is -0.368 e. The third kappa shape index (κ3) is 3.97. The Kier molecular flexibility index (Phi) is 5.69. The maximum atomic E-state index is 13.7. The molecule has 7 nitrogen and oxygen atoms in total. The van der Waals surface area contributed by atoms with Crippen LogP contribution in [0.1, 0.15) is 18.7 Å². The van der Waals surface area contributed by atoms with Gasteiger partial charge in [0.15, 0.2) is 0 Å². The van der Waals surface area contributed by atoms with Crippen LogP contribution in [0.5, 0.6) is 0 Å². The number of nitrogens with zero attached hydrogens (tertiary/aromatic N) is 4. The van der Waals surface area contributed by atoms with Crippen molar-refractivity contribution in [2.45, 2.75) is 13.0 Å². The van der Waals surface area contributed by atoms with Crippen molar-refractivity contribution in [3.05, 3.63) is 106 Å². The number of nitrogens with one attached hydrogen (secondary N) is 1. The zero-order chi connectivity index (χ0) is 23.7. The van der Waals surface area contributed by atoms with Gasteiger partial charge in [0.2, 0.25) is 5.95 Å². The molecule has 1 unspecified atom stereocenters. The zero-order valence-electron chi connectivity index (χ0n) is 18.3. The van der Waals surface area contributed by atoms with Gasteiger partial charge in [-0.25, -0.2) is 4.98 Å². The zero-order valence-corrected chi connectivity index (χ0v) is 19.1. The fourth-order valence-electron chi connectivity index (χ4n) is 4.00. The normalized spacial score (nSPS) is 11.9. The number of fused-ring (bicyclic) bond motifs is 1. The molecule has 3 aromatic heterocycles. The molecule has 168 valence electrons. The van der Waals surface area contributed by atoms with Gasteiger partial charge in [0, 0.05) is 23.8 Å². The molecule has 8 heteroatoms. The molecule has 0 aliphatic heterocycles. The summed E-state index contributed by atoms with van der Waals surface area (Å²) in [7, 11) is 0. The van der Waals surface area contributed by atoms with Crippen molar-refractivity contribution in [3.63, 3.8) is 0 Å². The van der Waals surface area contributed by atoms with Crippen molar-refractivity contribution in [2.24, 2.45) is 0 Å². The number of benzene rings is 2. The van der Waals surface area contributed by atoms with E-state index in [4.69, 9.17) is 17.3 Å². The number of para-hydroxylation sites is 1. The molecule has 0 saturated heterocycles. The Hall–Kier alpha value is -4.23. The lowest BCUT2D eigenvalue weighted by Gasteiger charge is -2.22. The van der Waals surface area contributed by atoms with Gasteiger partial charge in [-0.15, -0.1) is 0 Å². The molecule has 5 rings (SSSR count). The number of rotatable bonds is 5. The Balaban J connectivity index is 1.68. The molecule has 0 aliphatic carbocycles. The summed E-state index contributed by atoms with van der Waals surface area (Å²) in [6.07, 6.45) is 3.35. The van der Waals surface area contributed by atoms with Crippen molar-refractivity contribution in [2.75, 3.05) is 11.1 Å². The van der Waals surface area contributed by atoms with Crippen LogP contribution in [-0.4, -0.2) is 19.5 Å². The average Bonchev–Trinajstić information content (AvgIpc) is 2.85. The average molecular weight is 469 g/mol. The summed E-state index contributed by atoms with van der Waals surface area (Å²) < 4.78 is 1.68. The topological polar surface area (TPSA) is 98.7 Å². The minimum atomic E-state index is -0.326. The van der Waals surface area contributed by atoms with Gasteiger partial charge in [-0.2, -0.15) is 4.98 Å². The third-order valence-corrected chi connectivity index (χ3v) is 5.90. The summed E-state index contributed by atoms with van der Waals surface area (Å²) >= 11 is 6.42. The van der Waals surface area contributed by atoms with E-state index in [1.807, 2.05) is 73.7 Å². The van der Waals surface area contributed by atoms with Crippen LogP contribution < -0.4 is 16.6 Å². The predicted molar refractivity (Wildman–Crippen MR) is 136 cm³/mol. The monoisotopic (exact) mass is 468 g/mol. The lowest BCUT2D eigenvalue weighted by Crippen LogP contribution is -2.26. The Labute approximate surface area is 200 Å². The molecule has 5 aromatic rings. The highest BCUT2D eigenvalue weighted by atomic mass is 35.5. The van der Waals surface area contributed by atoms with Gasteiger partial charge in [0.1, 0.15) is 5.82 Å². The molecule has 3 heterocycles. The molecule has 1 atom stereocenters. The first-order valence-electron chi connectivity index (χ1n) is 10.7. The highest BCUT2D eigenvalue weighted by Gasteiger charge is 2.20. The summed E-state index contributed by atoms with van der Waals surface area (Å²) in [6, 6.07) is 22.2. The summed E-state index contributed by atoms with van der Waals surface area (Å²) in [4.78, 5) is 26.6. The van der Waals surface area contributed by atoms with E-state index < -0.39 is 0 Å².